The van der Waals surface area contributed by atoms with Crippen molar-refractivity contribution in [1.29, 1.82) is 0 Å². The molecule has 10 heteroatoms. The number of ether oxygens (including phenoxy) is 2. The number of carbonyl (C=O) groups is 2. The summed E-state index contributed by atoms with van der Waals surface area (Å²) in [6.07, 6.45) is 41.8. The molecule has 56 heavy (non-hydrogen) atoms. The number of allylic oxidation sites excluding steroid dienone is 2. The zero-order valence-corrected chi connectivity index (χ0v) is 38.3. The molecule has 0 aliphatic heterocycles. The normalized spacial score (nSPS) is 13.6. The molecule has 2 atom stereocenters. The molecule has 2 unspecified atom stereocenters. The molecular weight excluding hydrogens is 725 g/mol. The number of rotatable bonds is 43. The summed E-state index contributed by atoms with van der Waals surface area (Å²) in [7, 11) is 1.48. The molecular formula is C46H91NO8P+. The van der Waals surface area contributed by atoms with Crippen LogP contribution in [0.4, 0.5) is 0 Å². The average molecular weight is 817 g/mol. The van der Waals surface area contributed by atoms with E-state index >= 15 is 0 Å². The minimum atomic E-state index is -4.36. The zero-order valence-electron chi connectivity index (χ0n) is 37.4. The highest BCUT2D eigenvalue weighted by Gasteiger charge is 2.27. The Labute approximate surface area is 346 Å². The zero-order chi connectivity index (χ0) is 41.4. The standard InChI is InChI=1S/C46H90NO8P/c1-6-8-10-12-13-14-15-16-17-18-19-20-21-22-23-24-25-26-27-28-29-30-31-32-33-35-37-39-46(49)55-44(42-52-45(48)38-36-34-11-9-7-2)43-54-56(50,51)53-41-40-47(3,4)5/h18-19,44H,6-17,20-43H2,1-5H3/p+1/b19-18-. The molecule has 0 fully saturated rings. The van der Waals surface area contributed by atoms with Crippen molar-refractivity contribution >= 4 is 19.8 Å². The number of quaternary nitrogens is 1. The third-order valence-electron chi connectivity index (χ3n) is 10.3. The van der Waals surface area contributed by atoms with Gasteiger partial charge in [-0.1, -0.05) is 180 Å². The van der Waals surface area contributed by atoms with Gasteiger partial charge in [-0.3, -0.25) is 18.6 Å². The van der Waals surface area contributed by atoms with Crippen molar-refractivity contribution in [2.75, 3.05) is 47.5 Å². The Morgan fingerprint density at radius 2 is 0.911 bits per heavy atom. The van der Waals surface area contributed by atoms with E-state index in [2.05, 4.69) is 26.0 Å². The lowest BCUT2D eigenvalue weighted by Gasteiger charge is -2.24. The Balaban J connectivity index is 3.95. The third kappa shape index (κ3) is 42.4. The summed E-state index contributed by atoms with van der Waals surface area (Å²) >= 11 is 0. The van der Waals surface area contributed by atoms with Crippen molar-refractivity contribution in [3.8, 4) is 0 Å². The molecule has 0 saturated carbocycles. The quantitative estimate of drug-likeness (QED) is 0.0213. The second-order valence-electron chi connectivity index (χ2n) is 17.1. The van der Waals surface area contributed by atoms with Crippen LogP contribution >= 0.6 is 7.82 Å². The summed E-state index contributed by atoms with van der Waals surface area (Å²) in [5, 5.41) is 0. The van der Waals surface area contributed by atoms with Gasteiger partial charge in [-0.25, -0.2) is 4.57 Å². The fourth-order valence-electron chi connectivity index (χ4n) is 6.60. The van der Waals surface area contributed by atoms with Gasteiger partial charge in [0.05, 0.1) is 27.7 Å². The fraction of sp³-hybridized carbons (Fsp3) is 0.913. The summed E-state index contributed by atoms with van der Waals surface area (Å²) in [4.78, 5) is 35.0. The minimum absolute atomic E-state index is 0.0347. The maximum Gasteiger partial charge on any atom is 0.472 e. The summed E-state index contributed by atoms with van der Waals surface area (Å²) < 4.78 is 34.1. The Morgan fingerprint density at radius 1 is 0.536 bits per heavy atom. The highest BCUT2D eigenvalue weighted by molar-refractivity contribution is 7.47. The van der Waals surface area contributed by atoms with Crippen molar-refractivity contribution in [2.24, 2.45) is 0 Å². The van der Waals surface area contributed by atoms with Gasteiger partial charge in [0.25, 0.3) is 0 Å². The summed E-state index contributed by atoms with van der Waals surface area (Å²) in [5.74, 6) is -0.803. The maximum atomic E-state index is 12.6. The molecule has 0 aliphatic carbocycles. The van der Waals surface area contributed by atoms with E-state index in [0.717, 1.165) is 44.9 Å². The van der Waals surface area contributed by atoms with Gasteiger partial charge in [0.1, 0.15) is 19.8 Å². The van der Waals surface area contributed by atoms with E-state index in [9.17, 15) is 19.0 Å². The second-order valence-corrected chi connectivity index (χ2v) is 18.6. The highest BCUT2D eigenvalue weighted by Crippen LogP contribution is 2.43. The van der Waals surface area contributed by atoms with Crippen molar-refractivity contribution < 1.29 is 42.1 Å². The molecule has 1 N–H and O–H groups in total. The molecule has 0 bridgehead atoms. The van der Waals surface area contributed by atoms with Crippen LogP contribution in [0.1, 0.15) is 219 Å². The van der Waals surface area contributed by atoms with Gasteiger partial charge in [0.15, 0.2) is 6.10 Å². The number of likely N-dealkylation sites (N-methyl/N-ethyl adjacent to an activating group) is 1. The summed E-state index contributed by atoms with van der Waals surface area (Å²) in [6.45, 7) is 4.35. The Morgan fingerprint density at radius 3 is 1.32 bits per heavy atom. The van der Waals surface area contributed by atoms with Crippen LogP contribution in [-0.2, 0) is 32.7 Å². The van der Waals surface area contributed by atoms with E-state index in [1.807, 2.05) is 21.1 Å². The minimum Gasteiger partial charge on any atom is -0.462 e. The lowest BCUT2D eigenvalue weighted by molar-refractivity contribution is -0.870. The van der Waals surface area contributed by atoms with E-state index < -0.39 is 26.5 Å². The SMILES string of the molecule is CCCCCCCCCC/C=C\CCCCCCCCCCCCCCCCCC(=O)OC(COC(=O)CCCCCCC)COP(=O)(O)OCC[N+](C)(C)C. The van der Waals surface area contributed by atoms with Crippen LogP contribution in [0, 0.1) is 0 Å². The van der Waals surface area contributed by atoms with E-state index in [1.165, 1.54) is 141 Å². The number of phosphoric ester groups is 1. The van der Waals surface area contributed by atoms with Crippen LogP contribution in [0.25, 0.3) is 0 Å². The Bertz CT molecular complexity index is 969. The van der Waals surface area contributed by atoms with Gasteiger partial charge in [-0.2, -0.15) is 0 Å². The van der Waals surface area contributed by atoms with E-state index in [-0.39, 0.29) is 32.0 Å². The molecule has 0 heterocycles. The van der Waals surface area contributed by atoms with Crippen LogP contribution in [0.3, 0.4) is 0 Å². The highest BCUT2D eigenvalue weighted by atomic mass is 31.2. The number of hydrogen-bond acceptors (Lipinski definition) is 7. The van der Waals surface area contributed by atoms with E-state index in [1.54, 1.807) is 0 Å². The van der Waals surface area contributed by atoms with Gasteiger partial charge in [-0.05, 0) is 38.5 Å². The van der Waals surface area contributed by atoms with Gasteiger partial charge >= 0.3 is 19.8 Å². The van der Waals surface area contributed by atoms with Crippen molar-refractivity contribution in [3.05, 3.63) is 12.2 Å². The van der Waals surface area contributed by atoms with Crippen molar-refractivity contribution in [3.63, 3.8) is 0 Å². The predicted octanol–water partition coefficient (Wildman–Crippen LogP) is 13.4. The van der Waals surface area contributed by atoms with Crippen LogP contribution in [0.5, 0.6) is 0 Å². The first-order valence-electron chi connectivity index (χ1n) is 23.4. The van der Waals surface area contributed by atoms with Crippen LogP contribution in [-0.4, -0.2) is 74.9 Å². The summed E-state index contributed by atoms with van der Waals surface area (Å²) in [5.41, 5.74) is 0. The number of hydrogen-bond donors (Lipinski definition) is 1. The fourth-order valence-corrected chi connectivity index (χ4v) is 7.34. The average Bonchev–Trinajstić information content (AvgIpc) is 3.15. The van der Waals surface area contributed by atoms with Crippen molar-refractivity contribution in [2.45, 2.75) is 225 Å². The third-order valence-corrected chi connectivity index (χ3v) is 11.3. The molecule has 332 valence electrons. The molecule has 0 aromatic carbocycles. The molecule has 0 spiro atoms. The van der Waals surface area contributed by atoms with Crippen LogP contribution < -0.4 is 0 Å². The molecule has 0 rings (SSSR count). The van der Waals surface area contributed by atoms with E-state index in [0.29, 0.717) is 17.4 Å². The Hall–Kier alpha value is -1.25. The van der Waals surface area contributed by atoms with Crippen LogP contribution in [0.15, 0.2) is 12.2 Å². The number of unbranched alkanes of at least 4 members (excludes halogenated alkanes) is 27. The molecule has 0 saturated heterocycles. The maximum absolute atomic E-state index is 12.6. The van der Waals surface area contributed by atoms with Gasteiger partial charge in [0, 0.05) is 12.8 Å². The predicted molar refractivity (Wildman–Crippen MR) is 234 cm³/mol. The van der Waals surface area contributed by atoms with Gasteiger partial charge in [0.2, 0.25) is 0 Å². The molecule has 0 aromatic rings. The topological polar surface area (TPSA) is 108 Å². The lowest BCUT2D eigenvalue weighted by atomic mass is 10.0. The number of phosphoric acid groups is 1. The molecule has 9 nitrogen and oxygen atoms in total. The van der Waals surface area contributed by atoms with Gasteiger partial charge < -0.3 is 18.9 Å². The monoisotopic (exact) mass is 817 g/mol. The number of esters is 2. The molecule has 0 aliphatic rings. The number of carbonyl (C=O) groups excluding carboxylic acids is 2. The number of nitrogens with zero attached hydrogens (tertiary/aromatic N) is 1. The van der Waals surface area contributed by atoms with E-state index in [4.69, 9.17) is 18.5 Å². The first kappa shape index (κ1) is 54.8. The van der Waals surface area contributed by atoms with Gasteiger partial charge in [-0.15, -0.1) is 0 Å². The smallest absolute Gasteiger partial charge is 0.462 e. The lowest BCUT2D eigenvalue weighted by Crippen LogP contribution is -2.37. The van der Waals surface area contributed by atoms with Crippen molar-refractivity contribution in [1.82, 2.24) is 0 Å². The molecule has 0 aromatic heterocycles. The first-order chi connectivity index (χ1) is 27.0. The Kier molecular flexibility index (Phi) is 38.3. The van der Waals surface area contributed by atoms with Crippen LogP contribution in [0.2, 0.25) is 0 Å². The largest absolute Gasteiger partial charge is 0.472 e. The second kappa shape index (κ2) is 39.2. The first-order valence-corrected chi connectivity index (χ1v) is 24.9. The summed E-state index contributed by atoms with van der Waals surface area (Å²) in [6, 6.07) is 0. The molecule has 0 amide bonds. The molecule has 0 radical (unpaired) electrons.